The summed E-state index contributed by atoms with van der Waals surface area (Å²) in [6, 6.07) is 19.0. The van der Waals surface area contributed by atoms with Gasteiger partial charge in [-0.1, -0.05) is 24.3 Å². The largest absolute Gasteiger partial charge is 0.353 e. The number of benzene rings is 2. The molecule has 0 atom stereocenters. The summed E-state index contributed by atoms with van der Waals surface area (Å²) in [6.07, 6.45) is 0. The lowest BCUT2D eigenvalue weighted by Crippen LogP contribution is -2.48. The van der Waals surface area contributed by atoms with E-state index in [4.69, 9.17) is 0 Å². The number of nitrogens with zero attached hydrogens (tertiary/aromatic N) is 6. The molecule has 174 valence electrons. The topological polar surface area (TPSA) is 50.1 Å². The number of hydrogen-bond donors (Lipinski definition) is 0. The van der Waals surface area contributed by atoms with E-state index in [0.29, 0.717) is 5.82 Å². The number of aromatic nitrogens is 4. The Morgan fingerprint density at radius 2 is 1.24 bits per heavy atom. The third-order valence-corrected chi connectivity index (χ3v) is 6.24. The quantitative estimate of drug-likeness (QED) is 0.440. The Labute approximate surface area is 197 Å². The molecular formula is C26H26F2N6. The van der Waals surface area contributed by atoms with Crippen molar-refractivity contribution in [2.24, 2.45) is 0 Å². The lowest BCUT2D eigenvalue weighted by Gasteiger charge is -2.40. The maximum atomic E-state index is 13.6. The van der Waals surface area contributed by atoms with Crippen molar-refractivity contribution in [3.63, 3.8) is 0 Å². The third kappa shape index (κ3) is 4.54. The van der Waals surface area contributed by atoms with Crippen LogP contribution in [-0.2, 0) is 0 Å². The van der Waals surface area contributed by atoms with E-state index in [1.807, 2.05) is 32.0 Å². The first-order chi connectivity index (χ1) is 16.5. The molecule has 0 N–H and O–H groups in total. The maximum absolute atomic E-state index is 13.6. The van der Waals surface area contributed by atoms with Gasteiger partial charge < -0.3 is 4.90 Å². The van der Waals surface area contributed by atoms with E-state index in [0.717, 1.165) is 54.5 Å². The lowest BCUT2D eigenvalue weighted by atomic mass is 9.96. The van der Waals surface area contributed by atoms with Crippen LogP contribution in [0.4, 0.5) is 14.6 Å². The Morgan fingerprint density at radius 1 is 0.706 bits per heavy atom. The summed E-state index contributed by atoms with van der Waals surface area (Å²) in [5.74, 6) is 0.980. The van der Waals surface area contributed by atoms with Crippen LogP contribution in [0.3, 0.4) is 0 Å². The zero-order chi connectivity index (χ0) is 23.7. The van der Waals surface area contributed by atoms with E-state index < -0.39 is 0 Å². The number of piperazine rings is 1. The summed E-state index contributed by atoms with van der Waals surface area (Å²) in [5.41, 5.74) is 3.92. The number of anilines is 1. The SMILES string of the molecule is Cc1cc(C)n(-c2ccc(N3CCN(C(c4ccc(F)cc4)c4ccc(F)cc4)CC3)nn2)n1. The van der Waals surface area contributed by atoms with Gasteiger partial charge in [-0.3, -0.25) is 4.90 Å². The monoisotopic (exact) mass is 460 g/mol. The van der Waals surface area contributed by atoms with Crippen molar-refractivity contribution < 1.29 is 8.78 Å². The van der Waals surface area contributed by atoms with Crippen molar-refractivity contribution in [1.29, 1.82) is 0 Å². The van der Waals surface area contributed by atoms with E-state index >= 15 is 0 Å². The second-order valence-corrected chi connectivity index (χ2v) is 8.62. The van der Waals surface area contributed by atoms with Gasteiger partial charge in [0.25, 0.3) is 0 Å². The zero-order valence-electron chi connectivity index (χ0n) is 19.2. The van der Waals surface area contributed by atoms with Gasteiger partial charge in [-0.2, -0.15) is 5.10 Å². The summed E-state index contributed by atoms with van der Waals surface area (Å²) >= 11 is 0. The van der Waals surface area contributed by atoms with Crippen LogP contribution in [-0.4, -0.2) is 51.1 Å². The number of hydrogen-bond acceptors (Lipinski definition) is 5. The summed E-state index contributed by atoms with van der Waals surface area (Å²) in [4.78, 5) is 4.55. The Kier molecular flexibility index (Phi) is 6.06. The van der Waals surface area contributed by atoms with Crippen LogP contribution >= 0.6 is 0 Å². The van der Waals surface area contributed by atoms with E-state index in [9.17, 15) is 8.78 Å². The van der Waals surface area contributed by atoms with E-state index in [-0.39, 0.29) is 17.7 Å². The van der Waals surface area contributed by atoms with Gasteiger partial charge in [-0.15, -0.1) is 10.2 Å². The summed E-state index contributed by atoms with van der Waals surface area (Å²) < 4.78 is 28.9. The Balaban J connectivity index is 1.32. The minimum atomic E-state index is -0.270. The molecule has 0 unspecified atom stereocenters. The molecule has 8 heteroatoms. The highest BCUT2D eigenvalue weighted by Crippen LogP contribution is 2.30. The van der Waals surface area contributed by atoms with Crippen LogP contribution in [0.15, 0.2) is 66.7 Å². The molecule has 5 rings (SSSR count). The van der Waals surface area contributed by atoms with Gasteiger partial charge in [0.1, 0.15) is 11.6 Å². The normalized spacial score (nSPS) is 14.7. The molecule has 2 aromatic carbocycles. The number of aryl methyl sites for hydroxylation is 2. The third-order valence-electron chi connectivity index (χ3n) is 6.24. The summed E-state index contributed by atoms with van der Waals surface area (Å²) in [7, 11) is 0. The standard InChI is InChI=1S/C26H26F2N6/c1-18-17-19(2)34(31-18)25-12-11-24(29-30-25)32-13-15-33(16-14-32)26(20-3-7-22(27)8-4-20)21-5-9-23(28)10-6-21/h3-12,17,26H,13-16H2,1-2H3. The molecule has 0 saturated carbocycles. The molecule has 0 amide bonds. The van der Waals surface area contributed by atoms with Gasteiger partial charge in [0, 0.05) is 31.9 Å². The summed E-state index contributed by atoms with van der Waals surface area (Å²) in [5, 5.41) is 13.3. The highest BCUT2D eigenvalue weighted by Gasteiger charge is 2.27. The molecule has 6 nitrogen and oxygen atoms in total. The lowest BCUT2D eigenvalue weighted by molar-refractivity contribution is 0.211. The van der Waals surface area contributed by atoms with Crippen LogP contribution in [0.1, 0.15) is 28.6 Å². The molecule has 34 heavy (non-hydrogen) atoms. The molecule has 2 aromatic heterocycles. The van der Waals surface area contributed by atoms with Crippen LogP contribution in [0, 0.1) is 25.5 Å². The fraction of sp³-hybridized carbons (Fsp3) is 0.269. The minimum absolute atomic E-state index is 0.0807. The van der Waals surface area contributed by atoms with E-state index in [2.05, 4.69) is 25.1 Å². The fourth-order valence-corrected chi connectivity index (χ4v) is 4.57. The van der Waals surface area contributed by atoms with Crippen LogP contribution in [0.2, 0.25) is 0 Å². The fourth-order valence-electron chi connectivity index (χ4n) is 4.57. The molecule has 1 saturated heterocycles. The molecule has 1 fully saturated rings. The first-order valence-corrected chi connectivity index (χ1v) is 11.4. The Hall–Kier alpha value is -3.65. The van der Waals surface area contributed by atoms with Gasteiger partial charge in [-0.25, -0.2) is 13.5 Å². The van der Waals surface area contributed by atoms with Gasteiger partial charge in [0.15, 0.2) is 11.6 Å². The molecule has 1 aliphatic heterocycles. The van der Waals surface area contributed by atoms with Crippen molar-refractivity contribution in [2.75, 3.05) is 31.1 Å². The predicted molar refractivity (Wildman–Crippen MR) is 127 cm³/mol. The molecule has 3 heterocycles. The first-order valence-electron chi connectivity index (χ1n) is 11.4. The first kappa shape index (κ1) is 22.2. The highest BCUT2D eigenvalue weighted by atomic mass is 19.1. The second kappa shape index (κ2) is 9.30. The van der Waals surface area contributed by atoms with Gasteiger partial charge in [-0.05, 0) is 67.4 Å². The molecule has 1 aliphatic rings. The molecule has 4 aromatic rings. The van der Waals surface area contributed by atoms with Gasteiger partial charge in [0.05, 0.1) is 11.7 Å². The zero-order valence-corrected chi connectivity index (χ0v) is 19.2. The average molecular weight is 461 g/mol. The Morgan fingerprint density at radius 3 is 1.71 bits per heavy atom. The van der Waals surface area contributed by atoms with E-state index in [1.165, 1.54) is 24.3 Å². The van der Waals surface area contributed by atoms with Crippen molar-refractivity contribution in [2.45, 2.75) is 19.9 Å². The van der Waals surface area contributed by atoms with E-state index in [1.54, 1.807) is 28.9 Å². The molecule has 0 radical (unpaired) electrons. The minimum Gasteiger partial charge on any atom is -0.353 e. The molecule has 0 bridgehead atoms. The average Bonchev–Trinajstić information content (AvgIpc) is 3.20. The maximum Gasteiger partial charge on any atom is 0.176 e. The smallest absolute Gasteiger partial charge is 0.176 e. The van der Waals surface area contributed by atoms with Crippen molar-refractivity contribution in [3.05, 3.63) is 101 Å². The van der Waals surface area contributed by atoms with Crippen LogP contribution < -0.4 is 4.90 Å². The summed E-state index contributed by atoms with van der Waals surface area (Å²) in [6.45, 7) is 7.05. The predicted octanol–water partition coefficient (Wildman–Crippen LogP) is 4.47. The van der Waals surface area contributed by atoms with Crippen LogP contribution in [0.5, 0.6) is 0 Å². The molecular weight excluding hydrogens is 434 g/mol. The van der Waals surface area contributed by atoms with Gasteiger partial charge in [0.2, 0.25) is 0 Å². The number of halogens is 2. The second-order valence-electron chi connectivity index (χ2n) is 8.62. The molecule has 0 aliphatic carbocycles. The molecule has 0 spiro atoms. The Bertz CT molecular complexity index is 1200. The van der Waals surface area contributed by atoms with Crippen molar-refractivity contribution >= 4 is 5.82 Å². The van der Waals surface area contributed by atoms with Crippen molar-refractivity contribution in [3.8, 4) is 5.82 Å². The van der Waals surface area contributed by atoms with Crippen LogP contribution in [0.25, 0.3) is 5.82 Å². The number of rotatable bonds is 5. The van der Waals surface area contributed by atoms with Crippen molar-refractivity contribution in [1.82, 2.24) is 24.9 Å². The highest BCUT2D eigenvalue weighted by molar-refractivity contribution is 5.41. The van der Waals surface area contributed by atoms with Gasteiger partial charge >= 0.3 is 0 Å².